The number of carbonyl (C=O) groups excluding carboxylic acids is 5. The molecule has 5 atom stereocenters. The Labute approximate surface area is 366 Å². The Bertz CT molecular complexity index is 2280. The highest BCUT2D eigenvalue weighted by Crippen LogP contribution is 2.39. The van der Waals surface area contributed by atoms with E-state index in [9.17, 15) is 44.1 Å². The largest absolute Gasteiger partial charge is 0.507 e. The lowest BCUT2D eigenvalue weighted by Gasteiger charge is -2.32. The smallest absolute Gasteiger partial charge is 0.326 e. The van der Waals surface area contributed by atoms with Gasteiger partial charge in [-0.15, -0.1) is 0 Å². The minimum absolute atomic E-state index is 0.0794. The number of amides is 5. The second-order valence-corrected chi connectivity index (χ2v) is 15.9. The summed E-state index contributed by atoms with van der Waals surface area (Å²) in [6.07, 6.45) is 4.10. The first kappa shape index (κ1) is 47.3. The Balaban J connectivity index is 1.34. The van der Waals surface area contributed by atoms with Crippen LogP contribution in [-0.2, 0) is 36.8 Å². The third kappa shape index (κ3) is 12.2. The summed E-state index contributed by atoms with van der Waals surface area (Å²) in [7, 11) is 1.33. The molecule has 16 heteroatoms. The first-order valence-electron chi connectivity index (χ1n) is 21.1. The first-order chi connectivity index (χ1) is 30.1. The Kier molecular flexibility index (Phi) is 16.4. The molecule has 4 aromatic carbocycles. The number of aromatic hydroxyl groups is 2. The number of nitrogens with two attached hydrogens (primary N) is 2. The van der Waals surface area contributed by atoms with Gasteiger partial charge in [-0.25, -0.2) is 4.79 Å². The van der Waals surface area contributed by atoms with Crippen LogP contribution in [0.1, 0.15) is 79.0 Å². The molecule has 4 bridgehead atoms. The number of nitrogens with one attached hydrogen (secondary N) is 4. The van der Waals surface area contributed by atoms with E-state index in [1.54, 1.807) is 12.1 Å². The molecule has 1 aliphatic rings. The molecule has 0 radical (unpaired) electrons. The second kappa shape index (κ2) is 21.8. The van der Waals surface area contributed by atoms with Gasteiger partial charge in [-0.05, 0) is 110 Å². The number of rotatable bonds is 16. The summed E-state index contributed by atoms with van der Waals surface area (Å²) in [6.45, 7) is 3.56. The lowest BCUT2D eigenvalue weighted by atomic mass is 9.93. The van der Waals surface area contributed by atoms with Gasteiger partial charge in [0, 0.05) is 36.7 Å². The molecule has 0 saturated heterocycles. The van der Waals surface area contributed by atoms with Gasteiger partial charge >= 0.3 is 5.97 Å². The van der Waals surface area contributed by atoms with E-state index >= 15 is 0 Å². The zero-order valence-electron chi connectivity index (χ0n) is 35.7. The molecule has 5 unspecified atom stereocenters. The molecule has 11 N–H and O–H groups in total. The second-order valence-electron chi connectivity index (χ2n) is 15.9. The van der Waals surface area contributed by atoms with Gasteiger partial charge in [0.15, 0.2) is 0 Å². The molecule has 0 fully saturated rings. The van der Waals surface area contributed by atoms with E-state index < -0.39 is 65.7 Å². The maximum Gasteiger partial charge on any atom is 0.326 e. The Morgan fingerprint density at radius 3 is 2.11 bits per heavy atom. The van der Waals surface area contributed by atoms with Crippen molar-refractivity contribution in [2.75, 3.05) is 20.1 Å². The molecule has 5 amide bonds. The number of carboxylic acid groups (broad SMARTS) is 1. The third-order valence-corrected chi connectivity index (χ3v) is 11.1. The van der Waals surface area contributed by atoms with Gasteiger partial charge in [0.1, 0.15) is 41.7 Å². The van der Waals surface area contributed by atoms with Crippen LogP contribution in [0, 0.1) is 0 Å². The number of carbonyl (C=O) groups is 6. The number of phenols is 2. The standard InChI is InChI=1S/C47H57N7O9/c1-4-5-8-28-10-13-30(14-11-28)31-15-17-32(18-16-31)43(58)50-26-36(49)44(59)52-37(9-6-7-22-48)46(61)54(3)41-33-19-21-40(56)35(25-33)34-23-29(12-20-39(34)55)24-38(47(62)63)53-42(57)27(2)51-45(41)60/h10-21,23,25,27,36-38,41,55-56H,4-9,22,24,26,48-49H2,1-3H3,(H,50,58)(H,51,60)(H,52,59)(H,53,57)(H,62,63). The quantitative estimate of drug-likeness (QED) is 0.0738. The highest BCUT2D eigenvalue weighted by Gasteiger charge is 2.36. The lowest BCUT2D eigenvalue weighted by Crippen LogP contribution is -2.56. The van der Waals surface area contributed by atoms with E-state index in [0.29, 0.717) is 30.5 Å². The number of hydrogen-bond acceptors (Lipinski definition) is 10. The van der Waals surface area contributed by atoms with Crippen molar-refractivity contribution in [3.8, 4) is 33.8 Å². The van der Waals surface area contributed by atoms with Crippen molar-refractivity contribution in [2.24, 2.45) is 11.5 Å². The summed E-state index contributed by atoms with van der Waals surface area (Å²) in [5.41, 5.74) is 16.3. The zero-order chi connectivity index (χ0) is 45.8. The van der Waals surface area contributed by atoms with Gasteiger partial charge in [-0.2, -0.15) is 0 Å². The summed E-state index contributed by atoms with van der Waals surface area (Å²) < 4.78 is 0. The molecule has 0 aromatic heterocycles. The molecule has 5 rings (SSSR count). The maximum absolute atomic E-state index is 14.4. The van der Waals surface area contributed by atoms with E-state index in [0.717, 1.165) is 35.3 Å². The molecule has 1 heterocycles. The summed E-state index contributed by atoms with van der Waals surface area (Å²) in [5.74, 6) is -5.45. The molecule has 63 heavy (non-hydrogen) atoms. The fourth-order valence-electron chi connectivity index (χ4n) is 7.36. The predicted molar refractivity (Wildman–Crippen MR) is 237 cm³/mol. The predicted octanol–water partition coefficient (Wildman–Crippen LogP) is 3.28. The summed E-state index contributed by atoms with van der Waals surface area (Å²) >= 11 is 0. The SMILES string of the molecule is CCCCc1ccc(-c2ccc(C(=O)NCC(N)C(=O)NC(CCCCN)C(=O)N(C)C3C(=O)NC(C)C(=O)NC(C(=O)O)Cc4ccc(O)c(c4)-c4cc3ccc4O)cc2)cc1. The number of aliphatic carboxylic acids is 1. The van der Waals surface area contributed by atoms with Crippen LogP contribution in [-0.4, -0.2) is 100 Å². The monoisotopic (exact) mass is 863 g/mol. The number of unbranched alkanes of at least 4 members (excludes halogenated alkanes) is 2. The van der Waals surface area contributed by atoms with Crippen molar-refractivity contribution in [3.05, 3.63) is 107 Å². The molecule has 0 saturated carbocycles. The van der Waals surface area contributed by atoms with Crippen LogP contribution in [0.15, 0.2) is 84.9 Å². The number of likely N-dealkylation sites (N-methyl/N-ethyl adjacent to an activating group) is 1. The number of phenolic OH excluding ortho intramolecular Hbond substituents is 2. The van der Waals surface area contributed by atoms with Crippen molar-refractivity contribution in [1.82, 2.24) is 26.2 Å². The molecular weight excluding hydrogens is 807 g/mol. The van der Waals surface area contributed by atoms with Gasteiger partial charge in [0.05, 0.1) is 0 Å². The van der Waals surface area contributed by atoms with E-state index in [4.69, 9.17) is 11.5 Å². The van der Waals surface area contributed by atoms with Crippen LogP contribution in [0.25, 0.3) is 22.3 Å². The first-order valence-corrected chi connectivity index (χ1v) is 21.1. The molecule has 0 spiro atoms. The fraction of sp³-hybridized carbons (Fsp3) is 0.362. The molecule has 0 aliphatic carbocycles. The summed E-state index contributed by atoms with van der Waals surface area (Å²) in [4.78, 5) is 81.7. The number of aryl methyl sites for hydroxylation is 1. The molecule has 334 valence electrons. The highest BCUT2D eigenvalue weighted by atomic mass is 16.4. The summed E-state index contributed by atoms with van der Waals surface area (Å²) in [6, 6.07) is 17.1. The third-order valence-electron chi connectivity index (χ3n) is 11.1. The van der Waals surface area contributed by atoms with E-state index in [1.807, 2.05) is 12.1 Å². The van der Waals surface area contributed by atoms with E-state index in [1.165, 1.54) is 55.9 Å². The molecular formula is C47H57N7O9. The van der Waals surface area contributed by atoms with Crippen molar-refractivity contribution in [1.29, 1.82) is 0 Å². The number of nitrogens with zero attached hydrogens (tertiary/aromatic N) is 1. The Hall–Kier alpha value is -6.78. The molecule has 16 nitrogen and oxygen atoms in total. The number of benzene rings is 4. The van der Waals surface area contributed by atoms with Gasteiger partial charge in [0.2, 0.25) is 23.6 Å². The average molecular weight is 864 g/mol. The van der Waals surface area contributed by atoms with Crippen molar-refractivity contribution in [2.45, 2.75) is 89.0 Å². The van der Waals surface area contributed by atoms with Crippen LogP contribution in [0.5, 0.6) is 11.5 Å². The minimum atomic E-state index is -1.48. The van der Waals surface area contributed by atoms with Crippen LogP contribution in [0.4, 0.5) is 0 Å². The zero-order valence-corrected chi connectivity index (χ0v) is 35.7. The van der Waals surface area contributed by atoms with Crippen molar-refractivity contribution < 1.29 is 44.1 Å². The van der Waals surface area contributed by atoms with Crippen LogP contribution in [0.2, 0.25) is 0 Å². The topological polar surface area (TPSA) is 267 Å². The van der Waals surface area contributed by atoms with Gasteiger partial charge in [-0.1, -0.05) is 61.9 Å². The minimum Gasteiger partial charge on any atom is -0.507 e. The van der Waals surface area contributed by atoms with Crippen molar-refractivity contribution >= 4 is 35.5 Å². The maximum atomic E-state index is 14.4. The van der Waals surface area contributed by atoms with Crippen LogP contribution >= 0.6 is 0 Å². The average Bonchev–Trinajstić information content (AvgIpc) is 3.27. The van der Waals surface area contributed by atoms with Gasteiger partial charge in [0.25, 0.3) is 5.91 Å². The van der Waals surface area contributed by atoms with E-state index in [2.05, 4.69) is 52.5 Å². The normalized spacial score (nSPS) is 17.3. The highest BCUT2D eigenvalue weighted by molar-refractivity contribution is 5.97. The lowest BCUT2D eigenvalue weighted by molar-refractivity contribution is -0.144. The van der Waals surface area contributed by atoms with Crippen LogP contribution < -0.4 is 32.7 Å². The molecule has 1 aliphatic heterocycles. The fourth-order valence-corrected chi connectivity index (χ4v) is 7.36. The van der Waals surface area contributed by atoms with Crippen LogP contribution in [0.3, 0.4) is 0 Å². The molecule has 4 aromatic rings. The Morgan fingerprint density at radius 1 is 0.841 bits per heavy atom. The van der Waals surface area contributed by atoms with E-state index in [-0.39, 0.29) is 47.6 Å². The Morgan fingerprint density at radius 2 is 1.48 bits per heavy atom. The van der Waals surface area contributed by atoms with Gasteiger partial charge < -0.3 is 53.0 Å². The van der Waals surface area contributed by atoms with Gasteiger partial charge in [-0.3, -0.25) is 24.0 Å². The van der Waals surface area contributed by atoms with Crippen molar-refractivity contribution in [3.63, 3.8) is 0 Å². The summed E-state index contributed by atoms with van der Waals surface area (Å²) in [5, 5.41) is 42.1. The number of fused-ring (bicyclic) bond motifs is 5. The number of hydrogen-bond donors (Lipinski definition) is 9. The number of carboxylic acids is 1.